The number of esters is 1. The number of unbranched alkanes of at least 4 members (excludes halogenated alkanes) is 8. The summed E-state index contributed by atoms with van der Waals surface area (Å²) in [6, 6.07) is -9.46. The van der Waals surface area contributed by atoms with Crippen molar-refractivity contribution in [2.45, 2.75) is 233 Å². The van der Waals surface area contributed by atoms with Crippen LogP contribution in [0.25, 0.3) is 0 Å². The van der Waals surface area contributed by atoms with Crippen molar-refractivity contribution in [1.29, 1.82) is 0 Å². The van der Waals surface area contributed by atoms with Gasteiger partial charge in [-0.05, 0) is 69.1 Å². The number of rotatable bonds is 23. The van der Waals surface area contributed by atoms with E-state index in [1.54, 1.807) is 41.5 Å². The number of nitrogens with two attached hydrogens (primary N) is 1. The van der Waals surface area contributed by atoms with Gasteiger partial charge < -0.3 is 52.8 Å². The summed E-state index contributed by atoms with van der Waals surface area (Å²) in [4.78, 5) is 136. The highest BCUT2D eigenvalue weighted by Crippen LogP contribution is 2.19. The van der Waals surface area contributed by atoms with Crippen LogP contribution in [0.15, 0.2) is 0 Å². The zero-order chi connectivity index (χ0) is 53.1. The summed E-state index contributed by atoms with van der Waals surface area (Å²) in [5.74, 6) is -9.81. The lowest BCUT2D eigenvalue weighted by Crippen LogP contribution is -2.60. The molecule has 0 spiro atoms. The van der Waals surface area contributed by atoms with E-state index < -0.39 is 126 Å². The van der Waals surface area contributed by atoms with Crippen LogP contribution >= 0.6 is 0 Å². The van der Waals surface area contributed by atoms with Gasteiger partial charge in [0.05, 0.1) is 12.8 Å². The third kappa shape index (κ3) is 25.5. The molecular weight excluding hydrogens is 905 g/mol. The van der Waals surface area contributed by atoms with Crippen molar-refractivity contribution in [3.63, 3.8) is 0 Å². The highest BCUT2D eigenvalue weighted by atomic mass is 16.5. The van der Waals surface area contributed by atoms with Crippen LogP contribution in [0.2, 0.25) is 0 Å². The first kappa shape index (κ1) is 62.7. The minimum atomic E-state index is -1.71. The quantitative estimate of drug-likeness (QED) is 0.0525. The average molecular weight is 993 g/mol. The minimum absolute atomic E-state index is 0.0485. The van der Waals surface area contributed by atoms with E-state index in [-0.39, 0.29) is 56.3 Å². The van der Waals surface area contributed by atoms with Gasteiger partial charge in [0.15, 0.2) is 0 Å². The molecule has 0 aliphatic carbocycles. The van der Waals surface area contributed by atoms with Gasteiger partial charge in [-0.1, -0.05) is 120 Å². The Balaban J connectivity index is 3.89. The van der Waals surface area contributed by atoms with Crippen molar-refractivity contribution in [2.24, 2.45) is 29.4 Å². The zero-order valence-electron chi connectivity index (χ0n) is 43.7. The third-order valence-electron chi connectivity index (χ3n) is 12.2. The van der Waals surface area contributed by atoms with E-state index in [2.05, 4.69) is 44.1 Å². The largest absolute Gasteiger partial charge is 0.481 e. The Hall–Kier alpha value is -5.30. The summed E-state index contributed by atoms with van der Waals surface area (Å²) in [6.45, 7) is 17.8. The lowest BCUT2D eigenvalue weighted by Gasteiger charge is -2.29. The lowest BCUT2D eigenvalue weighted by molar-refractivity contribution is -0.156. The number of hydrogen-bond acceptors (Lipinski definition) is 11. The number of carboxylic acid groups (broad SMARTS) is 1. The number of hydrogen-bond donors (Lipinski definition) is 9. The predicted molar refractivity (Wildman–Crippen MR) is 264 cm³/mol. The Bertz CT molecular complexity index is 1720. The first-order chi connectivity index (χ1) is 32.9. The van der Waals surface area contributed by atoms with Crippen LogP contribution in [0.3, 0.4) is 0 Å². The number of carbonyl (C=O) groups is 10. The summed E-state index contributed by atoms with van der Waals surface area (Å²) in [7, 11) is 0. The van der Waals surface area contributed by atoms with E-state index in [1.807, 2.05) is 13.8 Å². The number of aliphatic carboxylic acids is 1. The van der Waals surface area contributed by atoms with Gasteiger partial charge in [-0.25, -0.2) is 4.79 Å². The van der Waals surface area contributed by atoms with Gasteiger partial charge >= 0.3 is 11.9 Å². The van der Waals surface area contributed by atoms with Crippen LogP contribution in [0.1, 0.15) is 185 Å². The Morgan fingerprint density at radius 1 is 0.571 bits per heavy atom. The maximum atomic E-state index is 14.2. The number of carboxylic acids is 1. The van der Waals surface area contributed by atoms with Crippen LogP contribution in [-0.4, -0.2) is 113 Å². The Kier molecular flexibility index (Phi) is 29.8. The minimum Gasteiger partial charge on any atom is -0.481 e. The molecule has 20 heteroatoms. The van der Waals surface area contributed by atoms with Crippen LogP contribution in [-0.2, 0) is 52.7 Å². The molecule has 0 aromatic carbocycles. The number of amides is 8. The molecule has 0 bridgehead atoms. The fourth-order valence-electron chi connectivity index (χ4n) is 8.05. The fourth-order valence-corrected chi connectivity index (χ4v) is 8.05. The van der Waals surface area contributed by atoms with E-state index in [1.165, 1.54) is 19.8 Å². The molecule has 1 saturated heterocycles. The summed E-state index contributed by atoms with van der Waals surface area (Å²) in [5, 5.41) is 28.0. The Morgan fingerprint density at radius 2 is 1.00 bits per heavy atom. The smallest absolute Gasteiger partial charge is 0.329 e. The Labute approximate surface area is 415 Å². The molecule has 1 rings (SSSR count). The van der Waals surface area contributed by atoms with Gasteiger partial charge in [0.2, 0.25) is 47.3 Å². The first-order valence-corrected chi connectivity index (χ1v) is 25.7. The summed E-state index contributed by atoms with van der Waals surface area (Å²) in [6.07, 6.45) is 7.12. The molecule has 1 heterocycles. The van der Waals surface area contributed by atoms with E-state index in [9.17, 15) is 53.1 Å². The topological polar surface area (TPSA) is 310 Å². The van der Waals surface area contributed by atoms with Crippen LogP contribution in [0.5, 0.6) is 0 Å². The fraction of sp³-hybridized carbons (Fsp3) is 0.800. The number of cyclic esters (lactones) is 1. The van der Waals surface area contributed by atoms with E-state index >= 15 is 0 Å². The molecule has 0 saturated carbocycles. The van der Waals surface area contributed by atoms with Crippen molar-refractivity contribution < 1.29 is 57.8 Å². The standard InChI is InChI=1S/C50H88N8O12/c1-11-13-14-15-16-17-18-19-20-21-34-27-41(60)53-35(22-23-40(51)59)45(64)55-37(25-30(5)6)47(66)56-36(24-29(3)4)46(65)52-33(10)44(63)54-39(28-42(61)62)48(67)57-38(26-31(7)8)49(68)58-43(32(9)12-2)50(69)70-34/h29-39,43H,11-28H2,1-10H3,(H2,51,59)(H,52,65)(H,53,60)(H,54,63)(H,55,64)(H,56,66)(H,57,67)(H,58,68)(H,61,62)/t32-,33-,34?,35-,36+,37-,38+,39-,43-/m0/s1. The van der Waals surface area contributed by atoms with E-state index in [0.717, 1.165) is 38.5 Å². The van der Waals surface area contributed by atoms with Crippen LogP contribution in [0.4, 0.5) is 0 Å². The molecule has 1 unspecified atom stereocenters. The molecular formula is C50H88N8O12. The van der Waals surface area contributed by atoms with E-state index in [4.69, 9.17) is 10.5 Å². The molecule has 9 atom stereocenters. The number of primary amides is 1. The highest BCUT2D eigenvalue weighted by Gasteiger charge is 2.37. The summed E-state index contributed by atoms with van der Waals surface area (Å²) < 4.78 is 6.05. The molecule has 1 aliphatic heterocycles. The zero-order valence-corrected chi connectivity index (χ0v) is 43.7. The molecule has 20 nitrogen and oxygen atoms in total. The number of ether oxygens (including phenoxy) is 1. The normalized spacial score (nSPS) is 24.8. The molecule has 10 N–H and O–H groups in total. The monoisotopic (exact) mass is 993 g/mol. The van der Waals surface area contributed by atoms with Gasteiger partial charge in [-0.3, -0.25) is 43.2 Å². The van der Waals surface area contributed by atoms with Gasteiger partial charge in [-0.2, -0.15) is 0 Å². The van der Waals surface area contributed by atoms with Crippen molar-refractivity contribution in [1.82, 2.24) is 37.2 Å². The maximum Gasteiger partial charge on any atom is 0.329 e. The molecule has 400 valence electrons. The van der Waals surface area contributed by atoms with Crippen molar-refractivity contribution >= 4 is 59.2 Å². The van der Waals surface area contributed by atoms with Gasteiger partial charge in [0, 0.05) is 6.42 Å². The summed E-state index contributed by atoms with van der Waals surface area (Å²) in [5.41, 5.74) is 5.47. The third-order valence-corrected chi connectivity index (χ3v) is 12.2. The highest BCUT2D eigenvalue weighted by molar-refractivity contribution is 5.98. The lowest BCUT2D eigenvalue weighted by atomic mass is 9.97. The first-order valence-electron chi connectivity index (χ1n) is 25.7. The van der Waals surface area contributed by atoms with Crippen molar-refractivity contribution in [3.8, 4) is 0 Å². The van der Waals surface area contributed by atoms with Crippen LogP contribution < -0.4 is 43.0 Å². The average Bonchev–Trinajstić information content (AvgIpc) is 3.26. The maximum absolute atomic E-state index is 14.2. The second-order valence-corrected chi connectivity index (χ2v) is 20.3. The van der Waals surface area contributed by atoms with Gasteiger partial charge in [-0.15, -0.1) is 0 Å². The number of carbonyl (C=O) groups excluding carboxylic acids is 9. The summed E-state index contributed by atoms with van der Waals surface area (Å²) >= 11 is 0. The predicted octanol–water partition coefficient (Wildman–Crippen LogP) is 3.56. The molecule has 0 radical (unpaired) electrons. The van der Waals surface area contributed by atoms with E-state index in [0.29, 0.717) is 12.8 Å². The molecule has 1 fully saturated rings. The van der Waals surface area contributed by atoms with Crippen LogP contribution in [0, 0.1) is 23.7 Å². The molecule has 8 amide bonds. The second kappa shape index (κ2) is 33.3. The molecule has 0 aromatic heterocycles. The Morgan fingerprint density at radius 3 is 1.46 bits per heavy atom. The SMILES string of the molecule is CCCCCCCCCCCC1CC(=O)N[C@@H](CCC(N)=O)C(=O)N[C@@H](CC(C)C)C(=O)N[C@H](CC(C)C)C(=O)N[C@@H](C)C(=O)N[C@@H](CC(=O)O)C(=O)N[C@H](CC(C)C)C(=O)N[C@@H]([C@@H](C)CC)C(=O)O1. The molecule has 0 aromatic rings. The molecule has 1 aliphatic rings. The van der Waals surface area contributed by atoms with Crippen molar-refractivity contribution in [3.05, 3.63) is 0 Å². The number of nitrogens with one attached hydrogen (secondary N) is 7. The second-order valence-electron chi connectivity index (χ2n) is 20.3. The van der Waals surface area contributed by atoms with Gasteiger partial charge in [0.25, 0.3) is 0 Å². The molecule has 70 heavy (non-hydrogen) atoms. The van der Waals surface area contributed by atoms with Gasteiger partial charge in [0.1, 0.15) is 48.4 Å². The van der Waals surface area contributed by atoms with Crippen molar-refractivity contribution in [2.75, 3.05) is 0 Å².